The molecule has 3 aromatic rings. The van der Waals surface area contributed by atoms with Crippen LogP contribution in [0, 0.1) is 4.77 Å². The third kappa shape index (κ3) is 4.59. The van der Waals surface area contributed by atoms with Gasteiger partial charge in [0.2, 0.25) is 0 Å². The van der Waals surface area contributed by atoms with Crippen LogP contribution in [0.5, 0.6) is 5.75 Å². The Balaban J connectivity index is 0.00000261. The Hall–Kier alpha value is -2.13. The average Bonchev–Trinajstić information content (AvgIpc) is 3.12. The second kappa shape index (κ2) is 9.18. The van der Waals surface area contributed by atoms with Gasteiger partial charge in [-0.3, -0.25) is 9.78 Å². The van der Waals surface area contributed by atoms with Crippen LogP contribution in [0.25, 0.3) is 11.0 Å². The Labute approximate surface area is 170 Å². The summed E-state index contributed by atoms with van der Waals surface area (Å²) in [5, 5.41) is 0.404. The van der Waals surface area contributed by atoms with Crippen molar-refractivity contribution < 1.29 is 9.13 Å². The van der Waals surface area contributed by atoms with Gasteiger partial charge in [0.25, 0.3) is 5.56 Å². The molecule has 0 bridgehead atoms. The molecule has 0 radical (unpaired) electrons. The first-order valence-corrected chi connectivity index (χ1v) is 8.51. The molecule has 0 aliphatic rings. The maximum Gasteiger partial charge on any atom is 0.276 e. The van der Waals surface area contributed by atoms with E-state index < -0.39 is 0 Å². The van der Waals surface area contributed by atoms with Gasteiger partial charge >= 0.3 is 0 Å². The Bertz CT molecular complexity index is 1090. The number of nitrogens with one attached hydrogen (secondary N) is 2. The van der Waals surface area contributed by atoms with Crippen LogP contribution >= 0.6 is 36.2 Å². The number of aromatic amines is 2. The standard InChI is InChI=1S/C17H16ClFN4O2S.ClH/c18-12-2-1-10(5-14(12)25-9-11(6-19)7-20)8-23-13-3-4-21-15(13)16(24)22-17(23)26;/h1-6,21H,7-9,20H2,(H,22,24,26);1H/b11-6+;. The van der Waals surface area contributed by atoms with Gasteiger partial charge in [-0.1, -0.05) is 17.7 Å². The molecule has 0 aliphatic carbocycles. The monoisotopic (exact) mass is 430 g/mol. The first-order chi connectivity index (χ1) is 12.5. The fraction of sp³-hybridized carbons (Fsp3) is 0.176. The molecule has 1 aromatic carbocycles. The fourth-order valence-corrected chi connectivity index (χ4v) is 2.93. The van der Waals surface area contributed by atoms with Crippen molar-refractivity contribution in [1.82, 2.24) is 14.5 Å². The molecule has 144 valence electrons. The molecule has 0 aliphatic heterocycles. The predicted molar refractivity (Wildman–Crippen MR) is 109 cm³/mol. The van der Waals surface area contributed by atoms with Gasteiger partial charge in [0.15, 0.2) is 4.77 Å². The molecule has 3 rings (SSSR count). The smallest absolute Gasteiger partial charge is 0.276 e. The first kappa shape index (κ1) is 21.2. The molecule has 0 saturated heterocycles. The molecule has 0 fully saturated rings. The van der Waals surface area contributed by atoms with E-state index >= 15 is 0 Å². The van der Waals surface area contributed by atoms with Crippen molar-refractivity contribution in [1.29, 1.82) is 0 Å². The van der Waals surface area contributed by atoms with Gasteiger partial charge in [-0.2, -0.15) is 0 Å². The number of nitrogens with two attached hydrogens (primary N) is 1. The zero-order valence-corrected chi connectivity index (χ0v) is 16.4. The van der Waals surface area contributed by atoms with Crippen LogP contribution in [0.2, 0.25) is 5.02 Å². The first-order valence-electron chi connectivity index (χ1n) is 7.73. The minimum atomic E-state index is -0.265. The zero-order valence-electron chi connectivity index (χ0n) is 14.0. The van der Waals surface area contributed by atoms with Crippen LogP contribution in [0.4, 0.5) is 4.39 Å². The number of fused-ring (bicyclic) bond motifs is 1. The number of H-pyrrole nitrogens is 2. The van der Waals surface area contributed by atoms with Gasteiger partial charge in [-0.15, -0.1) is 12.4 Å². The van der Waals surface area contributed by atoms with E-state index in [1.807, 2.05) is 6.07 Å². The maximum absolute atomic E-state index is 12.6. The molecular weight excluding hydrogens is 414 g/mol. The largest absolute Gasteiger partial charge is 0.488 e. The second-order valence-electron chi connectivity index (χ2n) is 5.61. The second-order valence-corrected chi connectivity index (χ2v) is 6.40. The summed E-state index contributed by atoms with van der Waals surface area (Å²) >= 11 is 11.4. The molecule has 4 N–H and O–H groups in total. The highest BCUT2D eigenvalue weighted by Crippen LogP contribution is 2.27. The van der Waals surface area contributed by atoms with Crippen molar-refractivity contribution in [3.63, 3.8) is 0 Å². The van der Waals surface area contributed by atoms with Crippen LogP contribution < -0.4 is 16.0 Å². The molecule has 0 unspecified atom stereocenters. The lowest BCUT2D eigenvalue weighted by Gasteiger charge is -2.13. The SMILES string of the molecule is Cl.NC/C(=C\F)COc1cc(Cn2c(=S)[nH]c(=O)c3[nH]ccc32)ccc1Cl. The molecule has 2 aromatic heterocycles. The number of ether oxygens (including phenoxy) is 1. The van der Waals surface area contributed by atoms with E-state index in [2.05, 4.69) is 9.97 Å². The molecule has 10 heteroatoms. The van der Waals surface area contributed by atoms with E-state index in [0.29, 0.717) is 45.0 Å². The van der Waals surface area contributed by atoms with Crippen molar-refractivity contribution >= 4 is 47.3 Å². The summed E-state index contributed by atoms with van der Waals surface area (Å²) in [6.07, 6.45) is 2.11. The fourth-order valence-electron chi connectivity index (χ4n) is 2.51. The van der Waals surface area contributed by atoms with Gasteiger partial charge < -0.3 is 20.0 Å². The molecule has 27 heavy (non-hydrogen) atoms. The third-order valence-corrected chi connectivity index (χ3v) is 4.51. The quantitative estimate of drug-likeness (QED) is 0.520. The highest BCUT2D eigenvalue weighted by Gasteiger charge is 2.09. The number of rotatable bonds is 6. The van der Waals surface area contributed by atoms with Gasteiger partial charge in [0, 0.05) is 18.3 Å². The van der Waals surface area contributed by atoms with Crippen molar-refractivity contribution in [2.45, 2.75) is 6.54 Å². The minimum absolute atomic E-state index is 0. The van der Waals surface area contributed by atoms with E-state index in [1.165, 1.54) is 0 Å². The number of hydrogen-bond acceptors (Lipinski definition) is 4. The van der Waals surface area contributed by atoms with Crippen molar-refractivity contribution in [3.05, 3.63) is 68.1 Å². The summed E-state index contributed by atoms with van der Waals surface area (Å²) in [5.74, 6) is 0.415. The van der Waals surface area contributed by atoms with Crippen molar-refractivity contribution in [2.75, 3.05) is 13.2 Å². The van der Waals surface area contributed by atoms with E-state index in [0.717, 1.165) is 5.56 Å². The Morgan fingerprint density at radius 1 is 1.41 bits per heavy atom. The van der Waals surface area contributed by atoms with Crippen LogP contribution in [-0.4, -0.2) is 27.7 Å². The minimum Gasteiger partial charge on any atom is -0.488 e. The molecule has 6 nitrogen and oxygen atoms in total. The van der Waals surface area contributed by atoms with Gasteiger partial charge in [-0.05, 0) is 36.0 Å². The van der Waals surface area contributed by atoms with E-state index in [1.54, 1.807) is 29.0 Å². The predicted octanol–water partition coefficient (Wildman–Crippen LogP) is 3.70. The Morgan fingerprint density at radius 2 is 2.19 bits per heavy atom. The summed E-state index contributed by atoms with van der Waals surface area (Å²) in [4.78, 5) is 17.5. The van der Waals surface area contributed by atoms with Crippen LogP contribution in [0.1, 0.15) is 5.56 Å². The van der Waals surface area contributed by atoms with Crippen molar-refractivity contribution in [3.8, 4) is 5.75 Å². The van der Waals surface area contributed by atoms with E-state index in [-0.39, 0.29) is 31.1 Å². The molecule has 0 spiro atoms. The third-order valence-electron chi connectivity index (χ3n) is 3.87. The molecule has 0 saturated carbocycles. The van der Waals surface area contributed by atoms with Crippen LogP contribution in [-0.2, 0) is 6.54 Å². The normalized spacial score (nSPS) is 11.4. The van der Waals surface area contributed by atoms with Crippen LogP contribution in [0.15, 0.2) is 47.2 Å². The zero-order chi connectivity index (χ0) is 18.7. The Morgan fingerprint density at radius 3 is 2.89 bits per heavy atom. The number of nitrogens with zero attached hydrogens (tertiary/aromatic N) is 1. The Kier molecular flexibility index (Phi) is 7.20. The maximum atomic E-state index is 12.6. The van der Waals surface area contributed by atoms with Gasteiger partial charge in [0.05, 0.1) is 23.4 Å². The summed E-state index contributed by atoms with van der Waals surface area (Å²) in [5.41, 5.74) is 7.48. The molecule has 0 atom stereocenters. The van der Waals surface area contributed by atoms with E-state index in [4.69, 9.17) is 34.3 Å². The van der Waals surface area contributed by atoms with Gasteiger partial charge in [-0.25, -0.2) is 4.39 Å². The topological polar surface area (TPSA) is 88.8 Å². The summed E-state index contributed by atoms with van der Waals surface area (Å²) in [6.45, 7) is 0.475. The number of halogens is 3. The summed E-state index contributed by atoms with van der Waals surface area (Å²) < 4.78 is 20.3. The lowest BCUT2D eigenvalue weighted by atomic mass is 10.2. The lowest BCUT2D eigenvalue weighted by Crippen LogP contribution is -2.15. The molecule has 2 heterocycles. The number of aromatic nitrogens is 3. The summed E-state index contributed by atoms with van der Waals surface area (Å²) in [6, 6.07) is 7.06. The average molecular weight is 431 g/mol. The van der Waals surface area contributed by atoms with Gasteiger partial charge in [0.1, 0.15) is 17.9 Å². The highest BCUT2D eigenvalue weighted by molar-refractivity contribution is 7.71. The van der Waals surface area contributed by atoms with E-state index in [9.17, 15) is 9.18 Å². The highest BCUT2D eigenvalue weighted by atomic mass is 35.5. The van der Waals surface area contributed by atoms with Crippen LogP contribution in [0.3, 0.4) is 0 Å². The summed E-state index contributed by atoms with van der Waals surface area (Å²) in [7, 11) is 0. The molecule has 0 amide bonds. The molecular formula is C17H17Cl2FN4O2S. The van der Waals surface area contributed by atoms with Crippen molar-refractivity contribution in [2.24, 2.45) is 5.73 Å². The number of benzene rings is 1. The number of hydrogen-bond donors (Lipinski definition) is 3. The lowest BCUT2D eigenvalue weighted by molar-refractivity contribution is 0.347.